The highest BCUT2D eigenvalue weighted by Crippen LogP contribution is 2.22. The third kappa shape index (κ3) is 13.6. The first kappa shape index (κ1) is 21.3. The van der Waals surface area contributed by atoms with Gasteiger partial charge in [-0.05, 0) is 31.9 Å². The Morgan fingerprint density at radius 2 is 0.905 bits per heavy atom. The van der Waals surface area contributed by atoms with Gasteiger partial charge < -0.3 is 17.8 Å². The molecule has 0 aromatic heterocycles. The molecule has 0 rings (SSSR count). The lowest BCUT2D eigenvalue weighted by molar-refractivity contribution is -0.870. The fraction of sp³-hybridized carbons (Fsp3) is 1.00. The van der Waals surface area contributed by atoms with Crippen LogP contribution >= 0.6 is 0 Å². The van der Waals surface area contributed by atoms with Crippen LogP contribution in [0.1, 0.15) is 0 Å². The zero-order valence-corrected chi connectivity index (χ0v) is 18.2. The quantitative estimate of drug-likeness (QED) is 0.450. The van der Waals surface area contributed by atoms with E-state index in [1.165, 1.54) is 5.67 Å². The fourth-order valence-corrected chi connectivity index (χ4v) is 12.6. The lowest BCUT2D eigenvalue weighted by atomic mass is 10.5. The van der Waals surface area contributed by atoms with Gasteiger partial charge in [-0.25, -0.2) is 0 Å². The third-order valence-corrected chi connectivity index (χ3v) is 12.1. The van der Waals surface area contributed by atoms with Crippen molar-refractivity contribution in [3.63, 3.8) is 0 Å². The highest BCUT2D eigenvalue weighted by atomic mass is 28.4. The van der Waals surface area contributed by atoms with E-state index in [1.54, 1.807) is 0 Å². The van der Waals surface area contributed by atoms with Crippen molar-refractivity contribution < 1.29 is 17.8 Å². The molecule has 0 aliphatic rings. The number of quaternary nitrogens is 2. The van der Waals surface area contributed by atoms with E-state index in [4.69, 9.17) is 8.85 Å². The van der Waals surface area contributed by atoms with Crippen molar-refractivity contribution in [2.75, 3.05) is 68.6 Å². The van der Waals surface area contributed by atoms with E-state index in [0.717, 1.165) is 35.3 Å². The summed E-state index contributed by atoms with van der Waals surface area (Å²) in [5.41, 5.74) is 1.17. The van der Waals surface area contributed by atoms with Gasteiger partial charge in [0.25, 0.3) is 0 Å². The Labute approximate surface area is 135 Å². The van der Waals surface area contributed by atoms with Crippen molar-refractivity contribution in [2.45, 2.75) is 31.9 Å². The maximum atomic E-state index is 6.26. The van der Waals surface area contributed by atoms with Crippen LogP contribution in [0.4, 0.5) is 0 Å². The maximum absolute atomic E-state index is 6.26. The molecule has 0 bridgehead atoms. The molecular formula is C15H40N2O2Si2+2. The SMILES string of the molecule is C[N+](C)(C)CCO[Si](C)(C)C[Si](C)(C)OCC[N+](C)(C)C. The lowest BCUT2D eigenvalue weighted by Crippen LogP contribution is -2.47. The van der Waals surface area contributed by atoms with Crippen LogP contribution in [0.15, 0.2) is 0 Å². The molecule has 0 heterocycles. The van der Waals surface area contributed by atoms with Crippen LogP contribution in [-0.4, -0.2) is 94.2 Å². The minimum atomic E-state index is -1.61. The molecule has 0 saturated carbocycles. The highest BCUT2D eigenvalue weighted by Gasteiger charge is 2.35. The molecule has 0 amide bonds. The van der Waals surface area contributed by atoms with Gasteiger partial charge >= 0.3 is 0 Å². The average Bonchev–Trinajstić information content (AvgIpc) is 2.09. The van der Waals surface area contributed by atoms with Gasteiger partial charge in [-0.1, -0.05) is 0 Å². The lowest BCUT2D eigenvalue weighted by Gasteiger charge is -2.33. The second kappa shape index (κ2) is 7.70. The Balaban J connectivity index is 4.21. The Kier molecular flexibility index (Phi) is 7.80. The third-order valence-electron chi connectivity index (χ3n) is 3.36. The first-order valence-electron chi connectivity index (χ1n) is 8.01. The second-order valence-corrected chi connectivity index (χ2v) is 18.5. The number of likely N-dealkylation sites (N-methyl/N-ethyl adjacent to an activating group) is 2. The predicted molar refractivity (Wildman–Crippen MR) is 97.5 cm³/mol. The van der Waals surface area contributed by atoms with Crippen molar-refractivity contribution in [3.8, 4) is 0 Å². The Hall–Kier alpha value is 0.274. The zero-order valence-electron chi connectivity index (χ0n) is 16.2. The van der Waals surface area contributed by atoms with Gasteiger partial charge in [-0.2, -0.15) is 0 Å². The molecule has 0 aromatic carbocycles. The number of hydrogen-bond acceptors (Lipinski definition) is 2. The standard InChI is InChI=1S/C15H40N2O2Si2/c1-16(2,3)11-13-18-20(7,8)15-21(9,10)19-14-12-17(4,5)6/h11-15H2,1-10H3/q+2. The topological polar surface area (TPSA) is 18.5 Å². The fourth-order valence-electron chi connectivity index (χ4n) is 2.32. The summed E-state index contributed by atoms with van der Waals surface area (Å²) in [7, 11) is 10.1. The smallest absolute Gasteiger partial charge is 0.186 e. The summed E-state index contributed by atoms with van der Waals surface area (Å²) in [4.78, 5) is 0. The largest absolute Gasteiger partial charge is 0.412 e. The summed E-state index contributed by atoms with van der Waals surface area (Å²) >= 11 is 0. The molecule has 0 spiro atoms. The monoisotopic (exact) mass is 336 g/mol. The van der Waals surface area contributed by atoms with Crippen molar-refractivity contribution in [3.05, 3.63) is 0 Å². The van der Waals surface area contributed by atoms with E-state index >= 15 is 0 Å². The number of rotatable bonds is 10. The van der Waals surface area contributed by atoms with Gasteiger partial charge in [0.1, 0.15) is 13.1 Å². The summed E-state index contributed by atoms with van der Waals surface area (Å²) in [6.07, 6.45) is 0. The first-order chi connectivity index (χ1) is 9.12. The molecule has 6 heteroatoms. The number of nitrogens with zero attached hydrogens (tertiary/aromatic N) is 2. The van der Waals surface area contributed by atoms with Crippen LogP contribution < -0.4 is 0 Å². The molecule has 0 aliphatic carbocycles. The number of hydrogen-bond donors (Lipinski definition) is 0. The molecule has 128 valence electrons. The molecular weight excluding hydrogens is 296 g/mol. The molecule has 4 nitrogen and oxygen atoms in total. The molecule has 0 unspecified atom stereocenters. The van der Waals surface area contributed by atoms with Crippen LogP contribution in [0, 0.1) is 0 Å². The van der Waals surface area contributed by atoms with Crippen LogP contribution in [0.25, 0.3) is 0 Å². The van der Waals surface area contributed by atoms with Gasteiger partial charge in [-0.3, -0.25) is 0 Å². The molecule has 0 fully saturated rings. The van der Waals surface area contributed by atoms with Crippen molar-refractivity contribution in [1.82, 2.24) is 0 Å². The maximum Gasteiger partial charge on any atom is 0.186 e. The molecule has 21 heavy (non-hydrogen) atoms. The Morgan fingerprint density at radius 1 is 0.619 bits per heavy atom. The second-order valence-electron chi connectivity index (χ2n) is 9.42. The Morgan fingerprint density at radius 3 is 1.14 bits per heavy atom. The van der Waals surface area contributed by atoms with Crippen LogP contribution in [0.2, 0.25) is 31.9 Å². The van der Waals surface area contributed by atoms with Crippen molar-refractivity contribution in [1.29, 1.82) is 0 Å². The van der Waals surface area contributed by atoms with E-state index in [1.807, 2.05) is 0 Å². The van der Waals surface area contributed by atoms with Crippen LogP contribution in [0.5, 0.6) is 0 Å². The van der Waals surface area contributed by atoms with Gasteiger partial charge in [-0.15, -0.1) is 0 Å². The molecule has 0 atom stereocenters. The van der Waals surface area contributed by atoms with Gasteiger partial charge in [0.05, 0.1) is 55.5 Å². The van der Waals surface area contributed by atoms with E-state index in [0.29, 0.717) is 0 Å². The van der Waals surface area contributed by atoms with E-state index in [2.05, 4.69) is 68.5 Å². The van der Waals surface area contributed by atoms with Crippen LogP contribution in [0.3, 0.4) is 0 Å². The van der Waals surface area contributed by atoms with E-state index in [-0.39, 0.29) is 0 Å². The van der Waals surface area contributed by atoms with E-state index < -0.39 is 16.6 Å². The molecule has 0 radical (unpaired) electrons. The zero-order chi connectivity index (χ0) is 16.9. The average molecular weight is 337 g/mol. The predicted octanol–water partition coefficient (Wildman–Crippen LogP) is 2.38. The summed E-state index contributed by atoms with van der Waals surface area (Å²) in [5.74, 6) is 0. The Bertz CT molecular complexity index is 278. The minimum absolute atomic E-state index is 0.867. The molecule has 0 saturated heterocycles. The van der Waals surface area contributed by atoms with E-state index in [9.17, 15) is 0 Å². The first-order valence-corrected chi connectivity index (χ1v) is 14.2. The van der Waals surface area contributed by atoms with Gasteiger partial charge in [0.15, 0.2) is 16.6 Å². The van der Waals surface area contributed by atoms with Gasteiger partial charge in [0, 0.05) is 0 Å². The summed E-state index contributed by atoms with van der Waals surface area (Å²) in [5, 5.41) is 0. The summed E-state index contributed by atoms with van der Waals surface area (Å²) < 4.78 is 14.5. The summed E-state index contributed by atoms with van der Waals surface area (Å²) in [6.45, 7) is 13.2. The van der Waals surface area contributed by atoms with Crippen LogP contribution in [-0.2, 0) is 8.85 Å². The minimum Gasteiger partial charge on any atom is -0.412 e. The highest BCUT2D eigenvalue weighted by molar-refractivity contribution is 6.89. The molecule has 0 aliphatic heterocycles. The van der Waals surface area contributed by atoms with Crippen molar-refractivity contribution in [2.24, 2.45) is 0 Å². The summed E-state index contributed by atoms with van der Waals surface area (Å²) in [6, 6.07) is 0. The molecule has 0 N–H and O–H groups in total. The van der Waals surface area contributed by atoms with Crippen molar-refractivity contribution >= 4 is 16.6 Å². The molecule has 0 aromatic rings. The normalized spacial score (nSPS) is 14.6. The van der Waals surface area contributed by atoms with Gasteiger partial charge in [0.2, 0.25) is 0 Å².